The summed E-state index contributed by atoms with van der Waals surface area (Å²) < 4.78 is 0. The van der Waals surface area contributed by atoms with Crippen molar-refractivity contribution in [3.05, 3.63) is 29.8 Å². The highest BCUT2D eigenvalue weighted by Gasteiger charge is 2.27. The van der Waals surface area contributed by atoms with Crippen LogP contribution in [0.2, 0.25) is 0 Å². The summed E-state index contributed by atoms with van der Waals surface area (Å²) in [6, 6.07) is 10.5. The van der Waals surface area contributed by atoms with Gasteiger partial charge >= 0.3 is 0 Å². The highest BCUT2D eigenvalue weighted by Crippen LogP contribution is 2.25. The molecule has 2 aliphatic rings. The Morgan fingerprint density at radius 2 is 1.70 bits per heavy atom. The van der Waals surface area contributed by atoms with Gasteiger partial charge in [0, 0.05) is 30.9 Å². The van der Waals surface area contributed by atoms with E-state index in [9.17, 15) is 0 Å². The Hall–Kier alpha value is -1.02. The van der Waals surface area contributed by atoms with Gasteiger partial charge in [-0.25, -0.2) is 0 Å². The first kappa shape index (κ1) is 13.9. The number of anilines is 1. The molecule has 1 saturated carbocycles. The Labute approximate surface area is 123 Å². The third-order valence-corrected chi connectivity index (χ3v) is 4.89. The van der Waals surface area contributed by atoms with Crippen LogP contribution in [0.3, 0.4) is 0 Å². The van der Waals surface area contributed by atoms with E-state index in [-0.39, 0.29) is 0 Å². The molecule has 0 spiro atoms. The van der Waals surface area contributed by atoms with Crippen molar-refractivity contribution in [1.29, 1.82) is 0 Å². The largest absolute Gasteiger partial charge is 0.370 e. The summed E-state index contributed by atoms with van der Waals surface area (Å²) in [6.45, 7) is 6.92. The molecular weight excluding hydrogens is 244 g/mol. The van der Waals surface area contributed by atoms with Crippen molar-refractivity contribution in [1.82, 2.24) is 5.32 Å². The van der Waals surface area contributed by atoms with Crippen LogP contribution in [0.25, 0.3) is 0 Å². The minimum absolute atomic E-state index is 0.670. The molecule has 2 atom stereocenters. The number of nitrogens with one attached hydrogen (secondary N) is 1. The zero-order chi connectivity index (χ0) is 13.9. The second-order valence-corrected chi connectivity index (χ2v) is 6.93. The van der Waals surface area contributed by atoms with Gasteiger partial charge in [-0.1, -0.05) is 37.5 Å². The smallest absolute Gasteiger partial charge is 0.0367 e. The number of piperidine rings is 1. The van der Waals surface area contributed by atoms with E-state index in [1.54, 1.807) is 0 Å². The van der Waals surface area contributed by atoms with Gasteiger partial charge in [-0.15, -0.1) is 0 Å². The van der Waals surface area contributed by atoms with Crippen molar-refractivity contribution >= 4 is 5.69 Å². The molecule has 2 heteroatoms. The molecule has 1 aromatic carbocycles. The van der Waals surface area contributed by atoms with Gasteiger partial charge in [-0.2, -0.15) is 0 Å². The fourth-order valence-corrected chi connectivity index (χ4v) is 3.86. The zero-order valence-electron chi connectivity index (χ0n) is 12.9. The minimum atomic E-state index is 0.670. The van der Waals surface area contributed by atoms with E-state index in [0.29, 0.717) is 6.04 Å². The molecule has 1 heterocycles. The summed E-state index contributed by atoms with van der Waals surface area (Å²) in [6.07, 6.45) is 6.94. The van der Waals surface area contributed by atoms with E-state index < -0.39 is 0 Å². The lowest BCUT2D eigenvalue weighted by Crippen LogP contribution is -2.51. The van der Waals surface area contributed by atoms with E-state index in [0.717, 1.165) is 12.0 Å². The van der Waals surface area contributed by atoms with Crippen LogP contribution in [0.15, 0.2) is 24.3 Å². The predicted octanol–water partition coefficient (Wildman–Crippen LogP) is 3.74. The van der Waals surface area contributed by atoms with Crippen LogP contribution in [0.1, 0.15) is 44.6 Å². The van der Waals surface area contributed by atoms with Gasteiger partial charge in [0.25, 0.3) is 0 Å². The van der Waals surface area contributed by atoms with E-state index in [1.807, 2.05) is 0 Å². The molecule has 3 rings (SSSR count). The van der Waals surface area contributed by atoms with Gasteiger partial charge in [0.05, 0.1) is 0 Å². The third-order valence-electron chi connectivity index (χ3n) is 4.89. The summed E-state index contributed by atoms with van der Waals surface area (Å²) in [7, 11) is 0. The molecule has 1 aliphatic heterocycles. The normalized spacial score (nSPS) is 28.0. The SMILES string of the molecule is Cc1ccc(N2CC(C)CC(NC3CCCC3)C2)cc1. The molecule has 2 unspecified atom stereocenters. The molecule has 1 aliphatic carbocycles. The number of aryl methyl sites for hydroxylation is 1. The molecule has 2 fully saturated rings. The topological polar surface area (TPSA) is 15.3 Å². The van der Waals surface area contributed by atoms with Crippen LogP contribution in [-0.4, -0.2) is 25.2 Å². The van der Waals surface area contributed by atoms with Crippen molar-refractivity contribution in [3.63, 3.8) is 0 Å². The first-order valence-corrected chi connectivity index (χ1v) is 8.28. The van der Waals surface area contributed by atoms with Gasteiger partial charge in [-0.05, 0) is 44.2 Å². The Kier molecular flexibility index (Phi) is 4.30. The summed E-state index contributed by atoms with van der Waals surface area (Å²) in [5.74, 6) is 0.781. The van der Waals surface area contributed by atoms with E-state index in [4.69, 9.17) is 0 Å². The molecule has 0 amide bonds. The van der Waals surface area contributed by atoms with Crippen LogP contribution < -0.4 is 10.2 Å². The first-order valence-electron chi connectivity index (χ1n) is 8.28. The van der Waals surface area contributed by atoms with Gasteiger partial charge < -0.3 is 10.2 Å². The van der Waals surface area contributed by atoms with Crippen LogP contribution in [0, 0.1) is 12.8 Å². The standard InChI is InChI=1S/C18H28N2/c1-14-7-9-18(10-8-14)20-12-15(2)11-17(13-20)19-16-5-3-4-6-16/h7-10,15-17,19H,3-6,11-13H2,1-2H3. The maximum absolute atomic E-state index is 3.92. The molecule has 0 aromatic heterocycles. The highest BCUT2D eigenvalue weighted by molar-refractivity contribution is 5.48. The second-order valence-electron chi connectivity index (χ2n) is 6.93. The van der Waals surface area contributed by atoms with Gasteiger partial charge in [0.2, 0.25) is 0 Å². The first-order chi connectivity index (χ1) is 9.70. The monoisotopic (exact) mass is 272 g/mol. The Bertz CT molecular complexity index is 420. The Morgan fingerprint density at radius 3 is 2.40 bits per heavy atom. The predicted molar refractivity (Wildman–Crippen MR) is 86.4 cm³/mol. The van der Waals surface area contributed by atoms with Gasteiger partial charge in [-0.3, -0.25) is 0 Å². The molecule has 1 aromatic rings. The van der Waals surface area contributed by atoms with Crippen molar-refractivity contribution in [2.45, 2.75) is 58.0 Å². The zero-order valence-corrected chi connectivity index (χ0v) is 12.9. The highest BCUT2D eigenvalue weighted by atomic mass is 15.2. The van der Waals surface area contributed by atoms with Crippen molar-refractivity contribution < 1.29 is 0 Å². The van der Waals surface area contributed by atoms with Crippen molar-refractivity contribution in [2.24, 2.45) is 5.92 Å². The average molecular weight is 272 g/mol. The van der Waals surface area contributed by atoms with E-state index in [2.05, 4.69) is 48.3 Å². The molecule has 1 N–H and O–H groups in total. The van der Waals surface area contributed by atoms with Crippen molar-refractivity contribution in [3.8, 4) is 0 Å². The second kappa shape index (κ2) is 6.17. The minimum Gasteiger partial charge on any atom is -0.370 e. The lowest BCUT2D eigenvalue weighted by Gasteiger charge is -2.39. The number of rotatable bonds is 3. The number of benzene rings is 1. The molecule has 20 heavy (non-hydrogen) atoms. The van der Waals surface area contributed by atoms with E-state index in [1.165, 1.54) is 56.4 Å². The van der Waals surface area contributed by atoms with Crippen molar-refractivity contribution in [2.75, 3.05) is 18.0 Å². The van der Waals surface area contributed by atoms with Crippen LogP contribution in [0.4, 0.5) is 5.69 Å². The molecule has 2 nitrogen and oxygen atoms in total. The molecule has 0 radical (unpaired) electrons. The Morgan fingerprint density at radius 1 is 1.00 bits per heavy atom. The maximum Gasteiger partial charge on any atom is 0.0367 e. The molecule has 110 valence electrons. The van der Waals surface area contributed by atoms with Gasteiger partial charge in [0.15, 0.2) is 0 Å². The lowest BCUT2D eigenvalue weighted by molar-refractivity contribution is 0.322. The average Bonchev–Trinajstić information content (AvgIpc) is 2.91. The number of hydrogen-bond donors (Lipinski definition) is 1. The number of nitrogens with zero attached hydrogens (tertiary/aromatic N) is 1. The number of hydrogen-bond acceptors (Lipinski definition) is 2. The summed E-state index contributed by atoms with van der Waals surface area (Å²) in [5, 5.41) is 3.92. The Balaban J connectivity index is 1.64. The summed E-state index contributed by atoms with van der Waals surface area (Å²) >= 11 is 0. The quantitative estimate of drug-likeness (QED) is 0.901. The van der Waals surface area contributed by atoms with E-state index >= 15 is 0 Å². The molecule has 0 bridgehead atoms. The fourth-order valence-electron chi connectivity index (χ4n) is 3.86. The fraction of sp³-hybridized carbons (Fsp3) is 0.667. The van der Waals surface area contributed by atoms with Gasteiger partial charge in [0.1, 0.15) is 0 Å². The van der Waals surface area contributed by atoms with Crippen LogP contribution in [-0.2, 0) is 0 Å². The maximum atomic E-state index is 3.92. The molecular formula is C18H28N2. The summed E-state index contributed by atoms with van der Waals surface area (Å²) in [4.78, 5) is 2.57. The molecule has 1 saturated heterocycles. The van der Waals surface area contributed by atoms with Crippen LogP contribution >= 0.6 is 0 Å². The summed E-state index contributed by atoms with van der Waals surface area (Å²) in [5.41, 5.74) is 2.74. The lowest BCUT2D eigenvalue weighted by atomic mass is 9.94. The van der Waals surface area contributed by atoms with Crippen LogP contribution in [0.5, 0.6) is 0 Å². The third kappa shape index (κ3) is 3.35.